The number of aliphatic hydroxyl groups is 2. The molecule has 16 rings (SSSR count). The van der Waals surface area contributed by atoms with Gasteiger partial charge in [-0.3, -0.25) is 57.5 Å². The van der Waals surface area contributed by atoms with Crippen LogP contribution in [0.15, 0.2) is 204 Å². The standard InChI is InChI=1S/C53H47N3O12S2.C40H32N2O6/c57-27-29-69(65,66)34-17-13-32(14-18-34)7-1-6-12-44(59)55-42-23-21-36(46-48(42)52(63)40-10-4-2-8-38(40)50(46)61)37-22-24-43(49-47(37)51(62)39-9-3-5-11-41(39)53(49)64)56-45(60)31-54-26-25-33-15-19-35(20-16-33)70(67,68)30-28-58;43-35-25-13-5-7-15-27(25)37(45)33-29(41-39(47)21-9-1-2-10-21)19-17-23(31(33)35)24-18-20-30(42-40(48)22-11-3-4-12-22)34-32(24)36(44)26-14-6-8-16-28(26)38(34)46/h2-5,8-11,13-24,54,57-58H,1,6-7,12,25-31H2,(H,55,59)(H,56,60);5-8,13-22H,1-4,9-12H2,(H,41,47)(H,42,48). The molecule has 0 spiro atoms. The number of fused-ring (bicyclic) bond motifs is 8. The highest BCUT2D eigenvalue weighted by Gasteiger charge is 2.43. The fourth-order valence-corrected chi connectivity index (χ4v) is 18.8. The van der Waals surface area contributed by atoms with Crippen LogP contribution in [0.3, 0.4) is 0 Å². The second-order valence-electron chi connectivity index (χ2n) is 30.0. The number of nitrogens with one attached hydrogen (secondary N) is 5. The fourth-order valence-electron chi connectivity index (χ4n) is 16.7. The minimum absolute atomic E-state index is 0.0478. The quantitative estimate of drug-likeness (QED) is 0.0276. The molecule has 25 heteroatoms. The van der Waals surface area contributed by atoms with Crippen LogP contribution < -0.4 is 26.6 Å². The number of aryl methyl sites for hydroxylation is 1. The van der Waals surface area contributed by atoms with Crippen LogP contribution in [0.25, 0.3) is 22.3 Å². The summed E-state index contributed by atoms with van der Waals surface area (Å²) in [5.74, 6) is -6.30. The van der Waals surface area contributed by atoms with E-state index in [0.29, 0.717) is 43.4 Å². The number of hydrogen-bond acceptors (Lipinski definition) is 19. The van der Waals surface area contributed by atoms with E-state index in [0.717, 1.165) is 62.5 Å². The number of benzene rings is 10. The van der Waals surface area contributed by atoms with Crippen molar-refractivity contribution in [3.63, 3.8) is 0 Å². The molecule has 118 heavy (non-hydrogen) atoms. The van der Waals surface area contributed by atoms with Crippen molar-refractivity contribution < 1.29 is 84.6 Å². The molecular formula is C93H79N5O18S2. The van der Waals surface area contributed by atoms with Crippen LogP contribution in [-0.2, 0) is 51.7 Å². The summed E-state index contributed by atoms with van der Waals surface area (Å²) in [5.41, 5.74) is 4.43. The van der Waals surface area contributed by atoms with Gasteiger partial charge in [0.05, 0.1) is 86.1 Å². The molecule has 2 fully saturated rings. The van der Waals surface area contributed by atoms with Gasteiger partial charge in [0.15, 0.2) is 65.9 Å². The van der Waals surface area contributed by atoms with Crippen LogP contribution in [0.4, 0.5) is 22.7 Å². The first-order valence-corrected chi connectivity index (χ1v) is 42.5. The summed E-state index contributed by atoms with van der Waals surface area (Å²) in [4.78, 5) is 169. The predicted molar refractivity (Wildman–Crippen MR) is 441 cm³/mol. The summed E-state index contributed by atoms with van der Waals surface area (Å²) >= 11 is 0. The van der Waals surface area contributed by atoms with Gasteiger partial charge in [0.2, 0.25) is 23.6 Å². The molecule has 0 atom stereocenters. The van der Waals surface area contributed by atoms with Gasteiger partial charge >= 0.3 is 0 Å². The van der Waals surface area contributed by atoms with Gasteiger partial charge in [-0.05, 0) is 140 Å². The molecular weight excluding hydrogens is 1540 g/mol. The maximum Gasteiger partial charge on any atom is 0.238 e. The first-order valence-electron chi connectivity index (χ1n) is 39.2. The number of anilines is 4. The molecule has 7 N–H and O–H groups in total. The normalized spacial score (nSPS) is 14.7. The van der Waals surface area contributed by atoms with Crippen molar-refractivity contribution in [1.29, 1.82) is 0 Å². The largest absolute Gasteiger partial charge is 0.395 e. The average molecular weight is 1620 g/mol. The Morgan fingerprint density at radius 3 is 0.898 bits per heavy atom. The highest BCUT2D eigenvalue weighted by atomic mass is 32.2. The highest BCUT2D eigenvalue weighted by Crippen LogP contribution is 2.47. The maximum atomic E-state index is 14.6. The third kappa shape index (κ3) is 15.6. The Kier molecular flexibility index (Phi) is 23.0. The van der Waals surface area contributed by atoms with Crippen LogP contribution in [0.2, 0.25) is 0 Å². The molecule has 23 nitrogen and oxygen atoms in total. The van der Waals surface area contributed by atoms with Crippen molar-refractivity contribution in [1.82, 2.24) is 5.32 Å². The van der Waals surface area contributed by atoms with E-state index in [1.165, 1.54) is 72.8 Å². The Balaban J connectivity index is 0.000000197. The number of sulfone groups is 2. The van der Waals surface area contributed by atoms with Gasteiger partial charge in [0.1, 0.15) is 0 Å². The van der Waals surface area contributed by atoms with Crippen LogP contribution in [0, 0.1) is 11.8 Å². The maximum absolute atomic E-state index is 14.6. The number of amides is 4. The Morgan fingerprint density at radius 1 is 0.314 bits per heavy atom. The summed E-state index contributed by atoms with van der Waals surface area (Å²) in [6.07, 6.45) is 8.93. The minimum Gasteiger partial charge on any atom is -0.395 e. The third-order valence-electron chi connectivity index (χ3n) is 22.7. The molecule has 0 unspecified atom stereocenters. The van der Waals surface area contributed by atoms with Gasteiger partial charge in [-0.1, -0.05) is 171 Å². The topological polar surface area (TPSA) is 374 Å². The van der Waals surface area contributed by atoms with Gasteiger partial charge in [0, 0.05) is 85.0 Å². The highest BCUT2D eigenvalue weighted by molar-refractivity contribution is 7.91. The Labute approximate surface area is 678 Å². The van der Waals surface area contributed by atoms with Crippen molar-refractivity contribution in [2.24, 2.45) is 11.8 Å². The first kappa shape index (κ1) is 80.4. The van der Waals surface area contributed by atoms with Crippen molar-refractivity contribution in [2.45, 2.75) is 93.3 Å². The summed E-state index contributed by atoms with van der Waals surface area (Å²) < 4.78 is 49.1. The molecule has 10 aromatic rings. The van der Waals surface area contributed by atoms with E-state index in [1.54, 1.807) is 121 Å². The SMILES string of the molecule is O=C(CCCCc1ccc(S(=O)(=O)CCO)cc1)Nc1ccc(-c2ccc(NC(=O)CNCCc3ccc(S(=O)(=O)CCO)cc3)c3c2C(=O)c2ccccc2C3=O)c2c1C(=O)c1ccccc1C2=O.O=C1c2ccccc2C(=O)c2c(-c3ccc(NC(=O)C4CCCC4)c4c3C(=O)c3ccccc3C4=O)ccc(NC(=O)C3CCCC3)c21. The summed E-state index contributed by atoms with van der Waals surface area (Å²) in [7, 11) is -7.19. The van der Waals surface area contributed by atoms with Crippen LogP contribution in [0.1, 0.15) is 209 Å². The zero-order chi connectivity index (χ0) is 82.8. The van der Waals surface area contributed by atoms with E-state index in [2.05, 4.69) is 26.6 Å². The summed E-state index contributed by atoms with van der Waals surface area (Å²) in [6, 6.07) is 50.7. The molecule has 0 aliphatic heterocycles. The molecule has 6 aliphatic rings. The van der Waals surface area contributed by atoms with Gasteiger partial charge in [-0.2, -0.15) is 0 Å². The smallest absolute Gasteiger partial charge is 0.238 e. The summed E-state index contributed by atoms with van der Waals surface area (Å²) in [5, 5.41) is 32.7. The van der Waals surface area contributed by atoms with Gasteiger partial charge in [-0.15, -0.1) is 0 Å². The second kappa shape index (κ2) is 33.8. The predicted octanol–water partition coefficient (Wildman–Crippen LogP) is 12.7. The lowest BCUT2D eigenvalue weighted by Crippen LogP contribution is -2.31. The average Bonchev–Trinajstić information content (AvgIpc) is 0.755. The van der Waals surface area contributed by atoms with Crippen LogP contribution in [-0.4, -0.2) is 135 Å². The molecule has 0 bridgehead atoms. The van der Waals surface area contributed by atoms with Crippen LogP contribution in [0.5, 0.6) is 0 Å². The minimum atomic E-state index is -3.60. The zero-order valence-electron chi connectivity index (χ0n) is 63.8. The molecule has 4 amide bonds. The fraction of sp³-hybridized carbons (Fsp3) is 0.226. The molecule has 0 heterocycles. The van der Waals surface area contributed by atoms with E-state index in [4.69, 9.17) is 10.2 Å². The molecule has 596 valence electrons. The lowest BCUT2D eigenvalue weighted by Gasteiger charge is -2.27. The number of rotatable bonds is 24. The monoisotopic (exact) mass is 1620 g/mol. The van der Waals surface area contributed by atoms with Crippen molar-refractivity contribution in [3.05, 3.63) is 294 Å². The molecule has 10 aromatic carbocycles. The number of carbonyl (C=O) groups excluding carboxylic acids is 12. The summed E-state index contributed by atoms with van der Waals surface area (Å²) in [6.45, 7) is -0.836. The number of aliphatic hydroxyl groups excluding tert-OH is 2. The van der Waals surface area contributed by atoms with Crippen LogP contribution >= 0.6 is 0 Å². The molecule has 0 aromatic heterocycles. The lowest BCUT2D eigenvalue weighted by atomic mass is 9.75. The number of unbranched alkanes of at least 4 members (excludes halogenated alkanes) is 1. The number of carbonyl (C=O) groups is 12. The third-order valence-corrected chi connectivity index (χ3v) is 26.1. The lowest BCUT2D eigenvalue weighted by molar-refractivity contribution is -0.120. The zero-order valence-corrected chi connectivity index (χ0v) is 65.4. The van der Waals surface area contributed by atoms with Crippen molar-refractivity contribution in [2.75, 3.05) is 59.1 Å². The van der Waals surface area contributed by atoms with E-state index >= 15 is 0 Å². The van der Waals surface area contributed by atoms with Gasteiger partial charge in [-0.25, -0.2) is 16.8 Å². The molecule has 6 aliphatic carbocycles. The van der Waals surface area contributed by atoms with Crippen molar-refractivity contribution in [3.8, 4) is 22.3 Å². The van der Waals surface area contributed by atoms with E-state index < -0.39 is 91.0 Å². The van der Waals surface area contributed by atoms with E-state index in [-0.39, 0.29) is 181 Å². The Morgan fingerprint density at radius 2 is 0.593 bits per heavy atom. The molecule has 0 radical (unpaired) electrons. The Bertz CT molecular complexity index is 5800. The molecule has 0 saturated heterocycles. The number of ketones is 8. The Hall–Kier alpha value is -12.8. The van der Waals surface area contributed by atoms with Gasteiger partial charge in [0.25, 0.3) is 0 Å². The van der Waals surface area contributed by atoms with Crippen molar-refractivity contribution >= 4 is 112 Å². The molecule has 2 saturated carbocycles. The van der Waals surface area contributed by atoms with E-state index in [9.17, 15) is 74.4 Å². The second-order valence-corrected chi connectivity index (χ2v) is 34.2. The van der Waals surface area contributed by atoms with E-state index in [1.807, 2.05) is 0 Å². The first-order chi connectivity index (χ1) is 57.0. The number of hydrogen-bond donors (Lipinski definition) is 7. The van der Waals surface area contributed by atoms with Gasteiger partial charge < -0.3 is 36.8 Å².